The summed E-state index contributed by atoms with van der Waals surface area (Å²) in [6, 6.07) is 0. The van der Waals surface area contributed by atoms with Gasteiger partial charge in [0, 0.05) is 12.2 Å². The van der Waals surface area contributed by atoms with Gasteiger partial charge in [-0.3, -0.25) is 10.5 Å². The highest BCUT2D eigenvalue weighted by Gasteiger charge is 1.96. The molecule has 0 aliphatic heterocycles. The van der Waals surface area contributed by atoms with Gasteiger partial charge in [0.1, 0.15) is 0 Å². The lowest BCUT2D eigenvalue weighted by Crippen LogP contribution is -2.02. The summed E-state index contributed by atoms with van der Waals surface area (Å²) < 4.78 is 4.96. The van der Waals surface area contributed by atoms with Crippen LogP contribution in [0.4, 0.5) is 0 Å². The third kappa shape index (κ3) is 12.5. The van der Waals surface area contributed by atoms with Crippen molar-refractivity contribution in [1.29, 1.82) is 0 Å². The highest BCUT2D eigenvalue weighted by Crippen LogP contribution is 2.04. The lowest BCUT2D eigenvalue weighted by atomic mass is 10.1. The van der Waals surface area contributed by atoms with Crippen LogP contribution in [-0.2, 0) is 14.3 Å². The molecule has 0 aromatic heterocycles. The summed E-state index contributed by atoms with van der Waals surface area (Å²) in [7, 11) is 0. The van der Waals surface area contributed by atoms with Gasteiger partial charge in [0.15, 0.2) is 0 Å². The Bertz CT molecular complexity index is 295. The number of allylic oxidation sites excluding steroid dienone is 2. The van der Waals surface area contributed by atoms with E-state index in [0.717, 1.165) is 18.9 Å². The number of nitrogens with one attached hydrogen (secondary N) is 1. The molecule has 0 saturated heterocycles. The molecule has 1 N–H and O–H groups in total. The number of carbonyl (C=O) groups is 2. The molecule has 0 bridgehead atoms. The molecule has 0 aromatic carbocycles. The van der Waals surface area contributed by atoms with Gasteiger partial charge in [-0.1, -0.05) is 51.2 Å². The van der Waals surface area contributed by atoms with Gasteiger partial charge in [0.2, 0.25) is 0 Å². The summed E-state index contributed by atoms with van der Waals surface area (Å²) in [6.45, 7) is 2.62. The molecular formula is C14H22NO3. The molecule has 0 fully saturated rings. The Kier molecular flexibility index (Phi) is 10.8. The normalized spacial score (nSPS) is 11.2. The second-order valence-corrected chi connectivity index (χ2v) is 4.02. The van der Waals surface area contributed by atoms with Crippen LogP contribution in [0.2, 0.25) is 0 Å². The van der Waals surface area contributed by atoms with Gasteiger partial charge >= 0.3 is 5.97 Å². The summed E-state index contributed by atoms with van der Waals surface area (Å²) in [5, 5.41) is 0. The highest BCUT2D eigenvalue weighted by atomic mass is 16.5. The SMILES string of the molecule is CCCCCCCCOC(=O)/C=C/C=C/C([NH])=O. The molecule has 1 amide bonds. The number of rotatable bonds is 10. The second kappa shape index (κ2) is 11.9. The van der Waals surface area contributed by atoms with Crippen LogP contribution in [0.3, 0.4) is 0 Å². The van der Waals surface area contributed by atoms with Crippen molar-refractivity contribution >= 4 is 11.9 Å². The van der Waals surface area contributed by atoms with Gasteiger partial charge in [-0.25, -0.2) is 4.79 Å². The Morgan fingerprint density at radius 1 is 1.00 bits per heavy atom. The fourth-order valence-electron chi connectivity index (χ4n) is 1.38. The highest BCUT2D eigenvalue weighted by molar-refractivity contribution is 5.86. The van der Waals surface area contributed by atoms with Crippen LogP contribution in [0.5, 0.6) is 0 Å². The Labute approximate surface area is 109 Å². The minimum Gasteiger partial charge on any atom is -0.463 e. The van der Waals surface area contributed by atoms with Gasteiger partial charge in [-0.15, -0.1) is 0 Å². The molecule has 101 valence electrons. The van der Waals surface area contributed by atoms with Crippen LogP contribution in [-0.4, -0.2) is 18.5 Å². The molecule has 0 aromatic rings. The summed E-state index contributed by atoms with van der Waals surface area (Å²) in [5.41, 5.74) is 6.59. The molecule has 0 unspecified atom stereocenters. The summed E-state index contributed by atoms with van der Waals surface area (Å²) in [5.74, 6) is -1.20. The van der Waals surface area contributed by atoms with Gasteiger partial charge in [0.25, 0.3) is 5.91 Å². The predicted octanol–water partition coefficient (Wildman–Crippen LogP) is 2.81. The smallest absolute Gasteiger partial charge is 0.330 e. The first-order chi connectivity index (χ1) is 8.66. The van der Waals surface area contributed by atoms with Crippen molar-refractivity contribution in [3.05, 3.63) is 24.3 Å². The van der Waals surface area contributed by atoms with E-state index in [4.69, 9.17) is 10.5 Å². The first-order valence-corrected chi connectivity index (χ1v) is 6.44. The summed E-state index contributed by atoms with van der Waals surface area (Å²) in [6.07, 6.45) is 12.0. The number of hydrogen-bond donors (Lipinski definition) is 0. The van der Waals surface area contributed by atoms with E-state index < -0.39 is 11.9 Å². The van der Waals surface area contributed by atoms with E-state index in [0.29, 0.717) is 6.61 Å². The summed E-state index contributed by atoms with van der Waals surface area (Å²) in [4.78, 5) is 21.4. The van der Waals surface area contributed by atoms with Gasteiger partial charge in [-0.2, -0.15) is 0 Å². The largest absolute Gasteiger partial charge is 0.463 e. The molecule has 4 nitrogen and oxygen atoms in total. The maximum atomic E-state index is 11.1. The van der Waals surface area contributed by atoms with Crippen molar-refractivity contribution in [1.82, 2.24) is 5.73 Å². The number of unbranched alkanes of at least 4 members (excludes halogenated alkanes) is 5. The third-order valence-corrected chi connectivity index (χ3v) is 2.33. The molecule has 18 heavy (non-hydrogen) atoms. The third-order valence-electron chi connectivity index (χ3n) is 2.33. The molecule has 0 atom stereocenters. The van der Waals surface area contributed by atoms with E-state index in [1.54, 1.807) is 0 Å². The molecule has 0 rings (SSSR count). The van der Waals surface area contributed by atoms with E-state index in [2.05, 4.69) is 6.92 Å². The molecule has 0 aliphatic carbocycles. The zero-order valence-electron chi connectivity index (χ0n) is 11.0. The van der Waals surface area contributed by atoms with E-state index in [9.17, 15) is 9.59 Å². The number of carbonyl (C=O) groups excluding carboxylic acids is 2. The molecule has 4 heteroatoms. The molecular weight excluding hydrogens is 230 g/mol. The van der Waals surface area contributed by atoms with Gasteiger partial charge in [0.05, 0.1) is 6.61 Å². The van der Waals surface area contributed by atoms with E-state index in [1.165, 1.54) is 43.9 Å². The lowest BCUT2D eigenvalue weighted by molar-refractivity contribution is -0.137. The topological polar surface area (TPSA) is 67.2 Å². The van der Waals surface area contributed by atoms with Crippen LogP contribution >= 0.6 is 0 Å². The van der Waals surface area contributed by atoms with E-state index in [-0.39, 0.29) is 0 Å². The molecule has 0 aliphatic rings. The van der Waals surface area contributed by atoms with Crippen molar-refractivity contribution in [3.8, 4) is 0 Å². The number of hydrogen-bond acceptors (Lipinski definition) is 3. The summed E-state index contributed by atoms with van der Waals surface area (Å²) >= 11 is 0. The maximum Gasteiger partial charge on any atom is 0.330 e. The Balaban J connectivity index is 3.45. The van der Waals surface area contributed by atoms with Crippen molar-refractivity contribution in [3.63, 3.8) is 0 Å². The standard InChI is InChI=1S/C14H22NO3/c1-2-3-4-5-6-9-12-18-14(17)11-8-7-10-13(15)16/h7-8,10-11,15H,2-6,9,12H2,1H3/b10-7+,11-8+. The van der Waals surface area contributed by atoms with Crippen LogP contribution in [0.1, 0.15) is 45.4 Å². The number of esters is 1. The first kappa shape index (κ1) is 16.4. The predicted molar refractivity (Wildman–Crippen MR) is 70.7 cm³/mol. The molecule has 1 radical (unpaired) electrons. The molecule has 0 spiro atoms. The number of ether oxygens (including phenoxy) is 1. The number of amides is 1. The first-order valence-electron chi connectivity index (χ1n) is 6.44. The Morgan fingerprint density at radius 3 is 2.28 bits per heavy atom. The van der Waals surface area contributed by atoms with Crippen molar-refractivity contribution in [2.24, 2.45) is 0 Å². The average molecular weight is 252 g/mol. The van der Waals surface area contributed by atoms with Crippen LogP contribution in [0.15, 0.2) is 24.3 Å². The molecule has 0 saturated carbocycles. The fourth-order valence-corrected chi connectivity index (χ4v) is 1.38. The average Bonchev–Trinajstić information content (AvgIpc) is 2.33. The maximum absolute atomic E-state index is 11.1. The van der Waals surface area contributed by atoms with Crippen molar-refractivity contribution < 1.29 is 14.3 Å². The minimum absolute atomic E-state index is 0.411. The Hall–Kier alpha value is -1.58. The van der Waals surface area contributed by atoms with E-state index >= 15 is 0 Å². The fraction of sp³-hybridized carbons (Fsp3) is 0.571. The van der Waals surface area contributed by atoms with Gasteiger partial charge in [-0.05, 0) is 6.42 Å². The van der Waals surface area contributed by atoms with Crippen LogP contribution < -0.4 is 5.73 Å². The zero-order valence-corrected chi connectivity index (χ0v) is 11.0. The van der Waals surface area contributed by atoms with Crippen molar-refractivity contribution in [2.75, 3.05) is 6.61 Å². The lowest BCUT2D eigenvalue weighted by Gasteiger charge is -2.01. The second-order valence-electron chi connectivity index (χ2n) is 4.02. The van der Waals surface area contributed by atoms with Crippen LogP contribution in [0, 0.1) is 0 Å². The minimum atomic E-state index is -0.792. The van der Waals surface area contributed by atoms with E-state index in [1.807, 2.05) is 0 Å². The molecule has 0 heterocycles. The quantitative estimate of drug-likeness (QED) is 0.260. The van der Waals surface area contributed by atoms with Crippen molar-refractivity contribution in [2.45, 2.75) is 45.4 Å². The zero-order chi connectivity index (χ0) is 13.6. The monoisotopic (exact) mass is 252 g/mol. The van der Waals surface area contributed by atoms with Crippen LogP contribution in [0.25, 0.3) is 0 Å². The van der Waals surface area contributed by atoms with Gasteiger partial charge < -0.3 is 4.74 Å². The Morgan fingerprint density at radius 2 is 1.61 bits per heavy atom.